The predicted octanol–water partition coefficient (Wildman–Crippen LogP) is 5.19. The molecule has 0 bridgehead atoms. The van der Waals surface area contributed by atoms with Crippen LogP contribution >= 0.6 is 0 Å². The second-order valence-electron chi connectivity index (χ2n) is 13.0. The molecule has 3 aromatic heterocycles. The normalized spacial score (nSPS) is 20.1. The van der Waals surface area contributed by atoms with Gasteiger partial charge >= 0.3 is 6.18 Å². The van der Waals surface area contributed by atoms with Gasteiger partial charge in [0.1, 0.15) is 22.7 Å². The molecular weight excluding hydrogens is 597 g/mol. The number of rotatable bonds is 7. The maximum absolute atomic E-state index is 14.1. The van der Waals surface area contributed by atoms with E-state index in [0.717, 1.165) is 35.8 Å². The van der Waals surface area contributed by atoms with Crippen LogP contribution in [0.5, 0.6) is 11.5 Å². The molecule has 1 atom stereocenters. The number of H-pyrrole nitrogens is 1. The molecule has 7 rings (SSSR count). The van der Waals surface area contributed by atoms with Crippen molar-refractivity contribution < 1.29 is 27.8 Å². The summed E-state index contributed by atoms with van der Waals surface area (Å²) in [5, 5.41) is 11.3. The number of hydrogen-bond donors (Lipinski definition) is 2. The summed E-state index contributed by atoms with van der Waals surface area (Å²) >= 11 is 0. The number of carbonyl (C=O) groups is 1. The van der Waals surface area contributed by atoms with Gasteiger partial charge in [-0.25, -0.2) is 4.98 Å². The van der Waals surface area contributed by atoms with Gasteiger partial charge in [-0.1, -0.05) is 19.1 Å². The summed E-state index contributed by atoms with van der Waals surface area (Å²) in [7, 11) is 2.01. The van der Waals surface area contributed by atoms with Gasteiger partial charge in [0.15, 0.2) is 0 Å². The van der Waals surface area contributed by atoms with E-state index in [1.54, 1.807) is 29.4 Å². The average molecular weight is 635 g/mol. The quantitative estimate of drug-likeness (QED) is 0.289. The maximum atomic E-state index is 14.1. The number of aromatic nitrogens is 3. The summed E-state index contributed by atoms with van der Waals surface area (Å²) in [6, 6.07) is 9.79. The SMILES string of the molecule is C[C@@H]1CN(C(=O)Cc2ccc(CN3CCN(C)CC3)c(C(F)(F)F)c2)Cc2cc(Oc3ccnc4[nH]c(C5(O)CC5)cc34)cnc21. The molecule has 1 aromatic carbocycles. The van der Waals surface area contributed by atoms with E-state index in [2.05, 4.69) is 19.9 Å². The molecular formula is C34H37F3N6O3. The Kier molecular flexibility index (Phi) is 7.77. The number of likely N-dealkylation sites (N-methyl/N-ethyl adjacent to an activating group) is 1. The van der Waals surface area contributed by atoms with Crippen LogP contribution in [0.3, 0.4) is 0 Å². The van der Waals surface area contributed by atoms with Crippen molar-refractivity contribution in [3.05, 3.63) is 82.4 Å². The van der Waals surface area contributed by atoms with Gasteiger partial charge in [-0.05, 0) is 60.8 Å². The number of aliphatic hydroxyl groups is 1. The topological polar surface area (TPSA) is 97.8 Å². The zero-order valence-corrected chi connectivity index (χ0v) is 25.9. The van der Waals surface area contributed by atoms with Crippen LogP contribution in [0.2, 0.25) is 0 Å². The number of halogens is 3. The van der Waals surface area contributed by atoms with E-state index in [9.17, 15) is 23.1 Å². The van der Waals surface area contributed by atoms with E-state index in [0.29, 0.717) is 60.9 Å². The summed E-state index contributed by atoms with van der Waals surface area (Å²) in [5.41, 5.74) is 2.09. The smallest absolute Gasteiger partial charge is 0.416 e. The lowest BCUT2D eigenvalue weighted by Crippen LogP contribution is -2.44. The van der Waals surface area contributed by atoms with Crippen molar-refractivity contribution in [2.24, 2.45) is 0 Å². The first-order valence-corrected chi connectivity index (χ1v) is 15.7. The third-order valence-electron chi connectivity index (χ3n) is 9.42. The number of pyridine rings is 2. The molecule has 4 aromatic rings. The first kappa shape index (κ1) is 30.6. The standard InChI is InChI=1S/C34H37F3N6O3/c1-21-18-43(30(44)14-22-3-4-23(27(13-22)34(35,36)37)19-42-11-9-41(2)10-12-42)20-24-15-25(17-39-31(21)24)46-28-5-8-38-32-26(28)16-29(40-32)33(45)6-7-33/h3-5,8,13,15-17,21,45H,6-7,9-12,14,18-20H2,1-2H3,(H,38,40)/t21-/m1/s1. The van der Waals surface area contributed by atoms with Crippen molar-refractivity contribution >= 4 is 16.9 Å². The molecule has 0 radical (unpaired) electrons. The Morgan fingerprint density at radius 3 is 2.63 bits per heavy atom. The first-order chi connectivity index (χ1) is 21.9. The minimum Gasteiger partial charge on any atom is -0.455 e. The lowest BCUT2D eigenvalue weighted by Gasteiger charge is -2.33. The Balaban J connectivity index is 1.06. The van der Waals surface area contributed by atoms with Gasteiger partial charge in [0.2, 0.25) is 5.91 Å². The third kappa shape index (κ3) is 6.21. The zero-order chi connectivity index (χ0) is 32.2. The number of aromatic amines is 1. The molecule has 1 amide bonds. The van der Waals surface area contributed by atoms with Crippen molar-refractivity contribution in [3.63, 3.8) is 0 Å². The number of carbonyl (C=O) groups excluding carboxylic acids is 1. The highest BCUT2D eigenvalue weighted by molar-refractivity contribution is 5.84. The fourth-order valence-corrected chi connectivity index (χ4v) is 6.53. The summed E-state index contributed by atoms with van der Waals surface area (Å²) in [4.78, 5) is 31.6. The van der Waals surface area contributed by atoms with E-state index in [1.807, 2.05) is 31.0 Å². The van der Waals surface area contributed by atoms with Gasteiger partial charge in [0, 0.05) is 63.6 Å². The second-order valence-corrected chi connectivity index (χ2v) is 13.0. The summed E-state index contributed by atoms with van der Waals surface area (Å²) in [6.45, 7) is 5.99. The van der Waals surface area contributed by atoms with Crippen LogP contribution in [0.1, 0.15) is 59.3 Å². The Hall–Kier alpha value is -4.00. The van der Waals surface area contributed by atoms with Crippen LogP contribution in [0.25, 0.3) is 11.0 Å². The van der Waals surface area contributed by atoms with Gasteiger partial charge in [-0.3, -0.25) is 14.7 Å². The van der Waals surface area contributed by atoms with Crippen molar-refractivity contribution in [2.75, 3.05) is 39.8 Å². The van der Waals surface area contributed by atoms with Crippen LogP contribution in [0, 0.1) is 0 Å². The summed E-state index contributed by atoms with van der Waals surface area (Å²) in [5.74, 6) is 0.758. The van der Waals surface area contributed by atoms with Crippen LogP contribution < -0.4 is 4.74 Å². The third-order valence-corrected chi connectivity index (χ3v) is 9.42. The summed E-state index contributed by atoms with van der Waals surface area (Å²) in [6.07, 6.45) is 0.0472. The van der Waals surface area contributed by atoms with Gasteiger partial charge < -0.3 is 24.6 Å². The maximum Gasteiger partial charge on any atom is 0.416 e. The van der Waals surface area contributed by atoms with Crippen LogP contribution in [-0.4, -0.2) is 80.4 Å². The fraction of sp³-hybridized carbons (Fsp3) is 0.441. The minimum absolute atomic E-state index is 0.0578. The molecule has 46 heavy (non-hydrogen) atoms. The van der Waals surface area contributed by atoms with E-state index in [1.165, 1.54) is 6.07 Å². The Labute approximate surface area is 265 Å². The average Bonchev–Trinajstić information content (AvgIpc) is 3.60. The first-order valence-electron chi connectivity index (χ1n) is 15.7. The highest BCUT2D eigenvalue weighted by atomic mass is 19.4. The molecule has 1 saturated carbocycles. The number of alkyl halides is 3. The number of benzene rings is 1. The Morgan fingerprint density at radius 1 is 1.11 bits per heavy atom. The highest BCUT2D eigenvalue weighted by Gasteiger charge is 2.43. The second kappa shape index (κ2) is 11.7. The van der Waals surface area contributed by atoms with Crippen LogP contribution in [0.4, 0.5) is 13.2 Å². The number of hydrogen-bond acceptors (Lipinski definition) is 7. The molecule has 2 aliphatic heterocycles. The molecule has 0 unspecified atom stereocenters. The molecule has 242 valence electrons. The lowest BCUT2D eigenvalue weighted by molar-refractivity contribution is -0.138. The van der Waals surface area contributed by atoms with Crippen molar-refractivity contribution in [1.82, 2.24) is 29.7 Å². The molecule has 5 heterocycles. The monoisotopic (exact) mass is 634 g/mol. The Morgan fingerprint density at radius 2 is 1.89 bits per heavy atom. The number of fused-ring (bicyclic) bond motifs is 2. The van der Waals surface area contributed by atoms with Crippen molar-refractivity contribution in [1.29, 1.82) is 0 Å². The van der Waals surface area contributed by atoms with E-state index in [4.69, 9.17) is 4.74 Å². The van der Waals surface area contributed by atoms with Crippen LogP contribution in [-0.2, 0) is 36.1 Å². The van der Waals surface area contributed by atoms with Gasteiger partial charge in [-0.2, -0.15) is 13.2 Å². The molecule has 12 heteroatoms. The van der Waals surface area contributed by atoms with Gasteiger partial charge in [-0.15, -0.1) is 0 Å². The lowest BCUT2D eigenvalue weighted by atomic mass is 9.95. The van der Waals surface area contributed by atoms with Crippen molar-refractivity contribution in [2.45, 2.75) is 57.0 Å². The molecule has 9 nitrogen and oxygen atoms in total. The summed E-state index contributed by atoms with van der Waals surface area (Å²) < 4.78 is 48.6. The van der Waals surface area contributed by atoms with Gasteiger partial charge in [0.25, 0.3) is 0 Å². The van der Waals surface area contributed by atoms with E-state index in [-0.39, 0.29) is 36.9 Å². The number of nitrogens with one attached hydrogen (secondary N) is 1. The molecule has 1 aliphatic carbocycles. The largest absolute Gasteiger partial charge is 0.455 e. The van der Waals surface area contributed by atoms with E-state index < -0.39 is 17.3 Å². The molecule has 3 aliphatic rings. The Bertz CT molecular complexity index is 1780. The minimum atomic E-state index is -4.51. The highest BCUT2D eigenvalue weighted by Crippen LogP contribution is 2.46. The predicted molar refractivity (Wildman–Crippen MR) is 165 cm³/mol. The number of piperazine rings is 1. The number of amides is 1. The van der Waals surface area contributed by atoms with Gasteiger partial charge in [0.05, 0.1) is 29.3 Å². The molecule has 0 spiro atoms. The molecule has 2 fully saturated rings. The number of nitrogens with zero attached hydrogens (tertiary/aromatic N) is 5. The van der Waals surface area contributed by atoms with E-state index >= 15 is 0 Å². The number of ether oxygens (including phenoxy) is 1. The fourth-order valence-electron chi connectivity index (χ4n) is 6.53. The molecule has 2 N–H and O–H groups in total. The van der Waals surface area contributed by atoms with Crippen molar-refractivity contribution in [3.8, 4) is 11.5 Å². The molecule has 1 saturated heterocycles. The zero-order valence-electron chi connectivity index (χ0n) is 25.9. The van der Waals surface area contributed by atoms with Crippen LogP contribution in [0.15, 0.2) is 48.8 Å².